The third-order valence-corrected chi connectivity index (χ3v) is 6.33. The summed E-state index contributed by atoms with van der Waals surface area (Å²) >= 11 is 0. The van der Waals surface area contributed by atoms with Gasteiger partial charge in [0, 0.05) is 6.42 Å². The molecule has 0 aromatic carbocycles. The zero-order chi connectivity index (χ0) is 25.0. The highest BCUT2D eigenvalue weighted by Crippen LogP contribution is 2.18. The molecule has 0 fully saturated rings. The van der Waals surface area contributed by atoms with Crippen LogP contribution in [0.1, 0.15) is 129 Å². The van der Waals surface area contributed by atoms with Gasteiger partial charge in [0.2, 0.25) is 0 Å². The van der Waals surface area contributed by atoms with Gasteiger partial charge in [-0.05, 0) is 12.3 Å². The molecule has 0 aliphatic rings. The predicted octanol–water partition coefficient (Wildman–Crippen LogP) is 7.37. The summed E-state index contributed by atoms with van der Waals surface area (Å²) in [6.45, 7) is 5.20. The van der Waals surface area contributed by atoms with E-state index in [2.05, 4.69) is 13.8 Å². The van der Waals surface area contributed by atoms with E-state index in [9.17, 15) is 9.59 Å². The zero-order valence-corrected chi connectivity index (χ0v) is 22.7. The number of nitrogens with zero attached hydrogens (tertiary/aromatic N) is 1. The average Bonchev–Trinajstić information content (AvgIpc) is 2.70. The van der Waals surface area contributed by atoms with E-state index in [-0.39, 0.29) is 12.4 Å². The van der Waals surface area contributed by atoms with E-state index in [0.717, 1.165) is 18.8 Å². The molecule has 0 aliphatic heterocycles. The highest BCUT2D eigenvalue weighted by molar-refractivity contribution is 5.71. The van der Waals surface area contributed by atoms with Crippen molar-refractivity contribution < 1.29 is 23.9 Å². The number of carbonyl (C=O) groups is 2. The summed E-state index contributed by atoms with van der Waals surface area (Å²) in [7, 11) is 5.92. The van der Waals surface area contributed by atoms with Gasteiger partial charge in [0.15, 0.2) is 6.10 Å². The fraction of sp³-hybridized carbons (Fsp3) is 0.929. The molecule has 2 unspecified atom stereocenters. The van der Waals surface area contributed by atoms with Crippen LogP contribution >= 0.6 is 0 Å². The summed E-state index contributed by atoms with van der Waals surface area (Å²) in [6.07, 6.45) is 20.5. The van der Waals surface area contributed by atoms with Crippen molar-refractivity contribution in [2.24, 2.45) is 5.92 Å². The maximum atomic E-state index is 12.1. The first kappa shape index (κ1) is 31.9. The van der Waals surface area contributed by atoms with Gasteiger partial charge in [0.05, 0.1) is 27.6 Å². The number of hydrogen-bond acceptors (Lipinski definition) is 3. The second-order valence-corrected chi connectivity index (χ2v) is 11.2. The molecule has 1 N–H and O–H groups in total. The van der Waals surface area contributed by atoms with Crippen molar-refractivity contribution in [3.8, 4) is 0 Å². The lowest BCUT2D eigenvalue weighted by Crippen LogP contribution is -2.43. The molecule has 0 saturated heterocycles. The number of carbonyl (C=O) groups excluding carboxylic acids is 1. The van der Waals surface area contributed by atoms with E-state index in [1.54, 1.807) is 0 Å². The third kappa shape index (κ3) is 23.8. The second kappa shape index (κ2) is 20.3. The monoisotopic (exact) mass is 470 g/mol. The number of rotatable bonds is 23. The second-order valence-electron chi connectivity index (χ2n) is 11.2. The van der Waals surface area contributed by atoms with Crippen molar-refractivity contribution in [3.05, 3.63) is 0 Å². The molecule has 196 valence electrons. The molecule has 0 radical (unpaired) electrons. The van der Waals surface area contributed by atoms with Crippen LogP contribution in [0.2, 0.25) is 0 Å². The molecular weight excluding hydrogens is 414 g/mol. The molecule has 33 heavy (non-hydrogen) atoms. The zero-order valence-electron chi connectivity index (χ0n) is 22.7. The minimum absolute atomic E-state index is 0.125. The van der Waals surface area contributed by atoms with Crippen molar-refractivity contribution in [2.45, 2.75) is 136 Å². The van der Waals surface area contributed by atoms with E-state index < -0.39 is 12.1 Å². The van der Waals surface area contributed by atoms with Crippen LogP contribution in [0, 0.1) is 5.92 Å². The topological polar surface area (TPSA) is 63.6 Å². The first-order valence-corrected chi connectivity index (χ1v) is 13.9. The number of aliphatic carboxylic acids is 1. The molecular formula is C28H56NO4+. The number of hydrogen-bond donors (Lipinski definition) is 1. The predicted molar refractivity (Wildman–Crippen MR) is 138 cm³/mol. The number of unbranched alkanes of at least 4 members (excludes halogenated alkanes) is 12. The van der Waals surface area contributed by atoms with Crippen LogP contribution in [-0.4, -0.2) is 55.3 Å². The van der Waals surface area contributed by atoms with Crippen LogP contribution in [0.5, 0.6) is 0 Å². The van der Waals surface area contributed by atoms with Gasteiger partial charge in [-0.15, -0.1) is 0 Å². The maximum absolute atomic E-state index is 12.1. The lowest BCUT2D eigenvalue weighted by atomic mass is 9.97. The molecule has 0 amide bonds. The molecule has 0 aliphatic carbocycles. The Balaban J connectivity index is 3.54. The molecule has 0 spiro atoms. The van der Waals surface area contributed by atoms with Gasteiger partial charge in [0.1, 0.15) is 6.54 Å². The largest absolute Gasteiger partial charge is 0.481 e. The molecule has 0 heterocycles. The van der Waals surface area contributed by atoms with Gasteiger partial charge in [-0.2, -0.15) is 0 Å². The lowest BCUT2D eigenvalue weighted by molar-refractivity contribution is -0.873. The summed E-state index contributed by atoms with van der Waals surface area (Å²) in [5.74, 6) is -0.268. The molecule has 2 atom stereocenters. The summed E-state index contributed by atoms with van der Waals surface area (Å²) in [5.41, 5.74) is 0. The van der Waals surface area contributed by atoms with E-state index in [4.69, 9.17) is 9.84 Å². The Morgan fingerprint density at radius 1 is 0.758 bits per heavy atom. The number of ether oxygens (including phenoxy) is 1. The molecule has 0 bridgehead atoms. The number of likely N-dealkylation sites (N-methyl/N-ethyl adjacent to an activating group) is 1. The van der Waals surface area contributed by atoms with Crippen molar-refractivity contribution in [3.63, 3.8) is 0 Å². The van der Waals surface area contributed by atoms with Crippen molar-refractivity contribution in [1.29, 1.82) is 0 Å². The van der Waals surface area contributed by atoms with Gasteiger partial charge in [-0.25, -0.2) is 0 Å². The Morgan fingerprint density at radius 3 is 1.67 bits per heavy atom. The minimum atomic E-state index is -0.923. The van der Waals surface area contributed by atoms with Crippen molar-refractivity contribution in [2.75, 3.05) is 27.7 Å². The van der Waals surface area contributed by atoms with Crippen LogP contribution < -0.4 is 0 Å². The fourth-order valence-corrected chi connectivity index (χ4v) is 4.42. The van der Waals surface area contributed by atoms with Gasteiger partial charge in [-0.3, -0.25) is 9.59 Å². The van der Waals surface area contributed by atoms with Crippen LogP contribution in [0.25, 0.3) is 0 Å². The molecule has 5 nitrogen and oxygen atoms in total. The fourth-order valence-electron chi connectivity index (χ4n) is 4.42. The molecule has 5 heteroatoms. The van der Waals surface area contributed by atoms with Crippen LogP contribution in [-0.2, 0) is 14.3 Å². The lowest BCUT2D eigenvalue weighted by Gasteiger charge is -2.28. The van der Waals surface area contributed by atoms with Crippen LogP contribution in [0.4, 0.5) is 0 Å². The van der Waals surface area contributed by atoms with E-state index in [1.807, 2.05) is 21.1 Å². The summed E-state index contributed by atoms with van der Waals surface area (Å²) in [4.78, 5) is 23.1. The van der Waals surface area contributed by atoms with Gasteiger partial charge >= 0.3 is 11.9 Å². The van der Waals surface area contributed by atoms with Crippen molar-refractivity contribution in [1.82, 2.24) is 0 Å². The van der Waals surface area contributed by atoms with E-state index in [1.165, 1.54) is 89.9 Å². The SMILES string of the molecule is CCCCC(C)CCCCCCCCCCCCCCC(=O)OC(CC(=O)O)C[N+](C)(C)C. The Kier molecular flexibility index (Phi) is 19.6. The van der Waals surface area contributed by atoms with Crippen LogP contribution in [0.15, 0.2) is 0 Å². The Hall–Kier alpha value is -1.10. The Bertz CT molecular complexity index is 487. The van der Waals surface area contributed by atoms with Gasteiger partial charge < -0.3 is 14.3 Å². The quantitative estimate of drug-likeness (QED) is 0.0962. The Labute approximate surface area is 205 Å². The number of carboxylic acid groups (broad SMARTS) is 1. The van der Waals surface area contributed by atoms with Crippen LogP contribution in [0.3, 0.4) is 0 Å². The molecule has 0 saturated carbocycles. The first-order chi connectivity index (χ1) is 15.6. The summed E-state index contributed by atoms with van der Waals surface area (Å²) < 4.78 is 6.01. The Morgan fingerprint density at radius 2 is 1.21 bits per heavy atom. The van der Waals surface area contributed by atoms with Crippen molar-refractivity contribution >= 4 is 11.9 Å². The summed E-state index contributed by atoms with van der Waals surface area (Å²) in [6, 6.07) is 0. The highest BCUT2D eigenvalue weighted by atomic mass is 16.5. The average molecular weight is 471 g/mol. The number of esters is 1. The first-order valence-electron chi connectivity index (χ1n) is 13.9. The number of quaternary nitrogens is 1. The van der Waals surface area contributed by atoms with Gasteiger partial charge in [-0.1, -0.05) is 110 Å². The minimum Gasteiger partial charge on any atom is -0.481 e. The molecule has 0 aromatic rings. The van der Waals surface area contributed by atoms with E-state index in [0.29, 0.717) is 17.4 Å². The maximum Gasteiger partial charge on any atom is 0.307 e. The smallest absolute Gasteiger partial charge is 0.307 e. The summed E-state index contributed by atoms with van der Waals surface area (Å²) in [5, 5.41) is 9.04. The number of carboxylic acids is 1. The standard InChI is InChI=1S/C28H55NO4/c1-6-7-20-25(2)21-18-16-14-12-10-8-9-11-13-15-17-19-22-28(32)33-26(23-27(30)31)24-29(3,4)5/h25-26H,6-24H2,1-5H3/p+1. The third-order valence-electron chi connectivity index (χ3n) is 6.33. The van der Waals surface area contributed by atoms with Gasteiger partial charge in [0.25, 0.3) is 0 Å². The van der Waals surface area contributed by atoms with E-state index >= 15 is 0 Å². The highest BCUT2D eigenvalue weighted by Gasteiger charge is 2.24. The molecule has 0 aromatic heterocycles. The molecule has 0 rings (SSSR count). The normalized spacial score (nSPS) is 13.6.